The molecule has 12 heavy (non-hydrogen) atoms. The van der Waals surface area contributed by atoms with Crippen molar-refractivity contribution in [1.29, 1.82) is 0 Å². The summed E-state index contributed by atoms with van der Waals surface area (Å²) in [6.45, 7) is 0. The molecule has 0 spiro atoms. The SMILES string of the molecule is CN1C(=O)Cc2cccc(O)c21. The molecule has 0 saturated carbocycles. The fourth-order valence-corrected chi connectivity index (χ4v) is 1.51. The van der Waals surface area contributed by atoms with Crippen molar-refractivity contribution in [2.75, 3.05) is 11.9 Å². The number of para-hydroxylation sites is 1. The van der Waals surface area contributed by atoms with E-state index in [2.05, 4.69) is 0 Å². The molecule has 1 aromatic rings. The third kappa shape index (κ3) is 0.794. The predicted octanol–water partition coefficient (Wildman–Crippen LogP) is 0.911. The van der Waals surface area contributed by atoms with E-state index in [1.165, 1.54) is 4.90 Å². The van der Waals surface area contributed by atoms with Gasteiger partial charge in [0.1, 0.15) is 5.75 Å². The van der Waals surface area contributed by atoms with Crippen LogP contribution in [0, 0.1) is 0 Å². The molecule has 3 heteroatoms. The van der Waals surface area contributed by atoms with Crippen molar-refractivity contribution in [2.45, 2.75) is 6.42 Å². The molecule has 0 atom stereocenters. The number of amides is 1. The first-order valence-electron chi connectivity index (χ1n) is 3.77. The molecular weight excluding hydrogens is 154 g/mol. The minimum absolute atomic E-state index is 0.0338. The van der Waals surface area contributed by atoms with Crippen LogP contribution in [0.2, 0.25) is 0 Å². The summed E-state index contributed by atoms with van der Waals surface area (Å²) in [6, 6.07) is 5.20. The third-order valence-corrected chi connectivity index (χ3v) is 2.15. The van der Waals surface area contributed by atoms with Crippen LogP contribution >= 0.6 is 0 Å². The van der Waals surface area contributed by atoms with Gasteiger partial charge in [-0.1, -0.05) is 12.1 Å². The van der Waals surface area contributed by atoms with Gasteiger partial charge in [0.05, 0.1) is 12.1 Å². The van der Waals surface area contributed by atoms with E-state index in [4.69, 9.17) is 0 Å². The highest BCUT2D eigenvalue weighted by Gasteiger charge is 2.26. The zero-order valence-corrected chi connectivity index (χ0v) is 6.74. The van der Waals surface area contributed by atoms with E-state index in [1.54, 1.807) is 19.2 Å². The normalized spacial score (nSPS) is 15.1. The molecule has 0 aliphatic carbocycles. The number of anilines is 1. The van der Waals surface area contributed by atoms with Crippen molar-refractivity contribution < 1.29 is 9.90 Å². The number of nitrogens with zero attached hydrogens (tertiary/aromatic N) is 1. The lowest BCUT2D eigenvalue weighted by atomic mass is 10.1. The first kappa shape index (κ1) is 7.16. The molecule has 1 heterocycles. The van der Waals surface area contributed by atoms with Crippen LogP contribution in [0.5, 0.6) is 5.75 Å². The van der Waals surface area contributed by atoms with Crippen molar-refractivity contribution in [1.82, 2.24) is 0 Å². The lowest BCUT2D eigenvalue weighted by molar-refractivity contribution is -0.117. The molecule has 1 aliphatic rings. The maximum Gasteiger partial charge on any atom is 0.231 e. The summed E-state index contributed by atoms with van der Waals surface area (Å²) < 4.78 is 0. The Hall–Kier alpha value is -1.51. The average molecular weight is 163 g/mol. The van der Waals surface area contributed by atoms with E-state index in [-0.39, 0.29) is 11.7 Å². The second kappa shape index (κ2) is 2.24. The number of carbonyl (C=O) groups excluding carboxylic acids is 1. The van der Waals surface area contributed by atoms with Gasteiger partial charge in [-0.2, -0.15) is 0 Å². The Morgan fingerprint density at radius 3 is 2.92 bits per heavy atom. The molecule has 0 unspecified atom stereocenters. The summed E-state index contributed by atoms with van der Waals surface area (Å²) >= 11 is 0. The summed E-state index contributed by atoms with van der Waals surface area (Å²) in [5, 5.41) is 9.43. The van der Waals surface area contributed by atoms with Gasteiger partial charge in [-0.25, -0.2) is 0 Å². The molecule has 2 rings (SSSR count). The summed E-state index contributed by atoms with van der Waals surface area (Å²) in [4.78, 5) is 12.7. The van der Waals surface area contributed by atoms with Gasteiger partial charge in [0.2, 0.25) is 5.91 Å². The Kier molecular flexibility index (Phi) is 1.33. The molecule has 0 fully saturated rings. The maximum absolute atomic E-state index is 11.2. The predicted molar refractivity (Wildman–Crippen MR) is 45.2 cm³/mol. The lowest BCUT2D eigenvalue weighted by Gasteiger charge is -2.10. The Labute approximate surface area is 70.2 Å². The van der Waals surface area contributed by atoms with Crippen molar-refractivity contribution in [3.63, 3.8) is 0 Å². The van der Waals surface area contributed by atoms with Gasteiger partial charge in [-0.05, 0) is 11.6 Å². The monoisotopic (exact) mass is 163 g/mol. The number of hydrogen-bond acceptors (Lipinski definition) is 2. The maximum atomic E-state index is 11.2. The van der Waals surface area contributed by atoms with E-state index in [0.717, 1.165) is 5.56 Å². The summed E-state index contributed by atoms with van der Waals surface area (Å²) in [6.07, 6.45) is 0.403. The van der Waals surface area contributed by atoms with E-state index < -0.39 is 0 Å². The number of fused-ring (bicyclic) bond motifs is 1. The standard InChI is InChI=1S/C9H9NO2/c1-10-8(12)5-6-3-2-4-7(11)9(6)10/h2-4,11H,5H2,1H3. The van der Waals surface area contributed by atoms with Gasteiger partial charge >= 0.3 is 0 Å². The number of aromatic hydroxyl groups is 1. The second-order valence-electron chi connectivity index (χ2n) is 2.91. The van der Waals surface area contributed by atoms with Crippen molar-refractivity contribution in [2.24, 2.45) is 0 Å². The van der Waals surface area contributed by atoms with Crippen LogP contribution in [0.3, 0.4) is 0 Å². The summed E-state index contributed by atoms with van der Waals surface area (Å²) in [5.41, 5.74) is 1.56. The number of benzene rings is 1. The topological polar surface area (TPSA) is 40.5 Å². The number of hydrogen-bond donors (Lipinski definition) is 1. The van der Waals surface area contributed by atoms with Crippen molar-refractivity contribution in [3.05, 3.63) is 23.8 Å². The molecule has 3 nitrogen and oxygen atoms in total. The lowest BCUT2D eigenvalue weighted by Crippen LogP contribution is -2.20. The Balaban J connectivity index is 2.62. The number of phenols is 1. The van der Waals surface area contributed by atoms with Crippen LogP contribution in [0.25, 0.3) is 0 Å². The van der Waals surface area contributed by atoms with Crippen LogP contribution in [0.4, 0.5) is 5.69 Å². The Bertz CT molecular complexity index is 346. The highest BCUT2D eigenvalue weighted by molar-refractivity contribution is 6.02. The van der Waals surface area contributed by atoms with Crippen LogP contribution in [-0.2, 0) is 11.2 Å². The molecule has 1 aliphatic heterocycles. The molecule has 62 valence electrons. The van der Waals surface area contributed by atoms with Gasteiger partial charge in [-0.3, -0.25) is 4.79 Å². The minimum atomic E-state index is 0.0338. The zero-order chi connectivity index (χ0) is 8.72. The van der Waals surface area contributed by atoms with Gasteiger partial charge in [0.25, 0.3) is 0 Å². The van der Waals surface area contributed by atoms with E-state index in [1.807, 2.05) is 6.07 Å². The van der Waals surface area contributed by atoms with Crippen molar-refractivity contribution in [3.8, 4) is 5.75 Å². The first-order chi connectivity index (χ1) is 5.70. The number of likely N-dealkylation sites (N-methyl/N-ethyl adjacent to an activating group) is 1. The van der Waals surface area contributed by atoms with Gasteiger partial charge in [0, 0.05) is 7.05 Å². The Morgan fingerprint density at radius 1 is 1.50 bits per heavy atom. The quantitative estimate of drug-likeness (QED) is 0.617. The van der Waals surface area contributed by atoms with Crippen LogP contribution < -0.4 is 4.90 Å². The largest absolute Gasteiger partial charge is 0.506 e. The van der Waals surface area contributed by atoms with Crippen LogP contribution in [-0.4, -0.2) is 18.1 Å². The second-order valence-corrected chi connectivity index (χ2v) is 2.91. The Morgan fingerprint density at radius 2 is 2.25 bits per heavy atom. The highest BCUT2D eigenvalue weighted by atomic mass is 16.3. The number of rotatable bonds is 0. The zero-order valence-electron chi connectivity index (χ0n) is 6.74. The van der Waals surface area contributed by atoms with Crippen LogP contribution in [0.15, 0.2) is 18.2 Å². The minimum Gasteiger partial charge on any atom is -0.506 e. The molecule has 0 saturated heterocycles. The number of phenolic OH excluding ortho intramolecular Hbond substituents is 1. The molecule has 0 radical (unpaired) electrons. The van der Waals surface area contributed by atoms with Gasteiger partial charge in [0.15, 0.2) is 0 Å². The fraction of sp³-hybridized carbons (Fsp3) is 0.222. The first-order valence-corrected chi connectivity index (χ1v) is 3.77. The molecule has 1 N–H and O–H groups in total. The molecule has 1 aromatic carbocycles. The average Bonchev–Trinajstić information content (AvgIpc) is 2.29. The van der Waals surface area contributed by atoms with Crippen LogP contribution in [0.1, 0.15) is 5.56 Å². The third-order valence-electron chi connectivity index (χ3n) is 2.15. The van der Waals surface area contributed by atoms with Crippen molar-refractivity contribution >= 4 is 11.6 Å². The molecule has 0 bridgehead atoms. The smallest absolute Gasteiger partial charge is 0.231 e. The summed E-state index contributed by atoms with van der Waals surface area (Å²) in [5.74, 6) is 0.215. The van der Waals surface area contributed by atoms with Gasteiger partial charge < -0.3 is 10.0 Å². The van der Waals surface area contributed by atoms with E-state index >= 15 is 0 Å². The fourth-order valence-electron chi connectivity index (χ4n) is 1.51. The van der Waals surface area contributed by atoms with E-state index in [9.17, 15) is 9.90 Å². The molecule has 0 aromatic heterocycles. The molecular formula is C9H9NO2. The number of carbonyl (C=O) groups is 1. The molecule has 1 amide bonds. The van der Waals surface area contributed by atoms with Gasteiger partial charge in [-0.15, -0.1) is 0 Å². The summed E-state index contributed by atoms with van der Waals surface area (Å²) in [7, 11) is 1.67. The highest BCUT2D eigenvalue weighted by Crippen LogP contribution is 2.35. The van der Waals surface area contributed by atoms with E-state index in [0.29, 0.717) is 12.1 Å².